The Hall–Kier alpha value is -3.03. The van der Waals surface area contributed by atoms with Crippen molar-refractivity contribution in [3.8, 4) is 0 Å². The van der Waals surface area contributed by atoms with Crippen molar-refractivity contribution in [2.75, 3.05) is 6.61 Å². The maximum atomic E-state index is 12.8. The summed E-state index contributed by atoms with van der Waals surface area (Å²) in [5.41, 5.74) is 9.47. The number of carbonyl (C=O) groups excluding carboxylic acids is 2. The molecule has 2 aromatic carbocycles. The summed E-state index contributed by atoms with van der Waals surface area (Å²) >= 11 is 0. The largest absolute Gasteiger partial charge is 0.480 e. The van der Waals surface area contributed by atoms with Crippen molar-refractivity contribution in [1.82, 2.24) is 4.90 Å². The van der Waals surface area contributed by atoms with Crippen molar-refractivity contribution in [2.24, 2.45) is 11.7 Å². The molecule has 0 saturated heterocycles. The molecule has 1 aliphatic rings. The number of ether oxygens (including phenoxy) is 1. The van der Waals surface area contributed by atoms with Gasteiger partial charge in [0.25, 0.3) is 0 Å². The number of carboxylic acid groups (broad SMARTS) is 1. The third-order valence-corrected chi connectivity index (χ3v) is 6.13. The molecule has 170 valence electrons. The molecule has 1 heterocycles. The van der Waals surface area contributed by atoms with Gasteiger partial charge in [0, 0.05) is 12.6 Å². The summed E-state index contributed by atoms with van der Waals surface area (Å²) in [5.74, 6) is -2.22. The third kappa shape index (κ3) is 5.41. The smallest absolute Gasteiger partial charge is 0.321 e. The van der Waals surface area contributed by atoms with Crippen molar-refractivity contribution in [3.05, 3.63) is 71.3 Å². The number of carbonyl (C=O) groups is 3. The second-order valence-corrected chi connectivity index (χ2v) is 8.09. The molecule has 0 bridgehead atoms. The maximum Gasteiger partial charge on any atom is 0.321 e. The minimum absolute atomic E-state index is 0.202. The van der Waals surface area contributed by atoms with Crippen LogP contribution in [-0.2, 0) is 38.5 Å². The number of aliphatic carboxylic acids is 1. The lowest BCUT2D eigenvalue weighted by atomic mass is 9.85. The zero-order valence-electron chi connectivity index (χ0n) is 18.2. The molecule has 32 heavy (non-hydrogen) atoms. The van der Waals surface area contributed by atoms with Gasteiger partial charge in [0.15, 0.2) is 0 Å². The van der Waals surface area contributed by atoms with Gasteiger partial charge in [-0.25, -0.2) is 0 Å². The minimum atomic E-state index is -1.02. The number of nitrogens with zero attached hydrogens (tertiary/aromatic N) is 1. The molecule has 3 N–H and O–H groups in total. The monoisotopic (exact) mass is 438 g/mol. The summed E-state index contributed by atoms with van der Waals surface area (Å²) < 4.78 is 5.26. The Morgan fingerprint density at radius 1 is 1.16 bits per heavy atom. The van der Waals surface area contributed by atoms with E-state index < -0.39 is 36.0 Å². The summed E-state index contributed by atoms with van der Waals surface area (Å²) in [5, 5.41) is 9.85. The molecule has 0 amide bonds. The van der Waals surface area contributed by atoms with Crippen LogP contribution in [0.15, 0.2) is 54.6 Å². The Morgan fingerprint density at radius 3 is 2.44 bits per heavy atom. The van der Waals surface area contributed by atoms with Gasteiger partial charge < -0.3 is 20.4 Å². The SMILES string of the molecule is CCOC(=O)C(CCc1ccccc1)C(N)C(C=O)N1Cc2ccccc2CC1C(=O)O. The molecule has 0 spiro atoms. The second-order valence-electron chi connectivity index (χ2n) is 8.09. The fourth-order valence-electron chi connectivity index (χ4n) is 4.40. The molecular formula is C25H30N2O5. The van der Waals surface area contributed by atoms with E-state index in [-0.39, 0.29) is 19.6 Å². The van der Waals surface area contributed by atoms with E-state index in [0.717, 1.165) is 16.7 Å². The first-order valence-corrected chi connectivity index (χ1v) is 10.9. The van der Waals surface area contributed by atoms with Crippen LogP contribution in [0.3, 0.4) is 0 Å². The topological polar surface area (TPSA) is 110 Å². The van der Waals surface area contributed by atoms with Gasteiger partial charge in [-0.15, -0.1) is 0 Å². The van der Waals surface area contributed by atoms with Crippen molar-refractivity contribution in [1.29, 1.82) is 0 Å². The van der Waals surface area contributed by atoms with Crippen LogP contribution in [-0.4, -0.2) is 53.0 Å². The zero-order valence-corrected chi connectivity index (χ0v) is 18.2. The van der Waals surface area contributed by atoms with Gasteiger partial charge in [-0.1, -0.05) is 54.6 Å². The van der Waals surface area contributed by atoms with Crippen LogP contribution < -0.4 is 5.73 Å². The van der Waals surface area contributed by atoms with E-state index in [1.165, 1.54) is 0 Å². The molecule has 0 aromatic heterocycles. The molecule has 7 nitrogen and oxygen atoms in total. The summed E-state index contributed by atoms with van der Waals surface area (Å²) in [6.45, 7) is 2.20. The summed E-state index contributed by atoms with van der Waals surface area (Å²) in [6, 6.07) is 14.5. The van der Waals surface area contributed by atoms with E-state index in [9.17, 15) is 19.5 Å². The normalized spacial score (nSPS) is 18.8. The second kappa shape index (κ2) is 11.0. The number of carboxylic acids is 1. The van der Waals surface area contributed by atoms with Crippen LogP contribution in [0.2, 0.25) is 0 Å². The Bertz CT molecular complexity index is 933. The number of benzene rings is 2. The number of hydrogen-bond acceptors (Lipinski definition) is 6. The van der Waals surface area contributed by atoms with E-state index in [0.29, 0.717) is 19.1 Å². The first-order valence-electron chi connectivity index (χ1n) is 10.9. The molecular weight excluding hydrogens is 408 g/mol. The number of esters is 1. The lowest BCUT2D eigenvalue weighted by molar-refractivity contribution is -0.150. The maximum absolute atomic E-state index is 12.8. The number of rotatable bonds is 10. The fraction of sp³-hybridized carbons (Fsp3) is 0.400. The predicted octanol–water partition coefficient (Wildman–Crippen LogP) is 2.20. The minimum Gasteiger partial charge on any atom is -0.480 e. The van der Waals surface area contributed by atoms with Crippen molar-refractivity contribution < 1.29 is 24.2 Å². The number of aldehydes is 1. The van der Waals surface area contributed by atoms with Gasteiger partial charge in [-0.2, -0.15) is 0 Å². The highest BCUT2D eigenvalue weighted by molar-refractivity contribution is 5.77. The molecule has 7 heteroatoms. The lowest BCUT2D eigenvalue weighted by Crippen LogP contribution is -2.60. The number of nitrogens with two attached hydrogens (primary N) is 1. The average molecular weight is 439 g/mol. The quantitative estimate of drug-likeness (QED) is 0.432. The van der Waals surface area contributed by atoms with Crippen LogP contribution in [0.1, 0.15) is 30.0 Å². The Kier molecular flexibility index (Phi) is 8.14. The fourth-order valence-corrected chi connectivity index (χ4v) is 4.40. The van der Waals surface area contributed by atoms with Gasteiger partial charge in [0.05, 0.1) is 18.6 Å². The summed E-state index contributed by atoms with van der Waals surface area (Å²) in [4.78, 5) is 38.6. The van der Waals surface area contributed by atoms with E-state index in [1.54, 1.807) is 11.8 Å². The molecule has 0 aliphatic carbocycles. The standard InChI is InChI=1S/C25H30N2O5/c1-2-32-25(31)20(13-12-17-8-4-3-5-9-17)23(26)22(16-28)27-15-19-11-7-6-10-18(19)14-21(27)24(29)30/h3-11,16,20-23H,2,12-15,26H2,1H3,(H,29,30). The van der Waals surface area contributed by atoms with Crippen LogP contribution in [0.4, 0.5) is 0 Å². The predicted molar refractivity (Wildman–Crippen MR) is 120 cm³/mol. The Labute approximate surface area is 188 Å². The highest BCUT2D eigenvalue weighted by atomic mass is 16.5. The molecule has 3 rings (SSSR count). The van der Waals surface area contributed by atoms with E-state index in [4.69, 9.17) is 10.5 Å². The highest BCUT2D eigenvalue weighted by Gasteiger charge is 2.42. The third-order valence-electron chi connectivity index (χ3n) is 6.13. The van der Waals surface area contributed by atoms with Crippen LogP contribution in [0.25, 0.3) is 0 Å². The van der Waals surface area contributed by atoms with Crippen LogP contribution in [0, 0.1) is 5.92 Å². The van der Waals surface area contributed by atoms with Crippen molar-refractivity contribution >= 4 is 18.2 Å². The van der Waals surface area contributed by atoms with Crippen molar-refractivity contribution in [2.45, 2.75) is 50.9 Å². The molecule has 4 atom stereocenters. The van der Waals surface area contributed by atoms with Crippen molar-refractivity contribution in [3.63, 3.8) is 0 Å². The van der Waals surface area contributed by atoms with E-state index >= 15 is 0 Å². The van der Waals surface area contributed by atoms with Gasteiger partial charge in [0.1, 0.15) is 12.3 Å². The Balaban J connectivity index is 1.86. The zero-order chi connectivity index (χ0) is 23.1. The van der Waals surface area contributed by atoms with Crippen LogP contribution >= 0.6 is 0 Å². The molecule has 4 unspecified atom stereocenters. The molecule has 2 aromatic rings. The van der Waals surface area contributed by atoms with Gasteiger partial charge in [-0.3, -0.25) is 14.5 Å². The van der Waals surface area contributed by atoms with Crippen LogP contribution in [0.5, 0.6) is 0 Å². The highest BCUT2D eigenvalue weighted by Crippen LogP contribution is 2.28. The molecule has 0 radical (unpaired) electrons. The average Bonchev–Trinajstić information content (AvgIpc) is 2.80. The number of fused-ring (bicyclic) bond motifs is 1. The first kappa shape index (κ1) is 23.6. The molecule has 1 aliphatic heterocycles. The first-order chi connectivity index (χ1) is 15.5. The van der Waals surface area contributed by atoms with Gasteiger partial charge in [0.2, 0.25) is 0 Å². The summed E-state index contributed by atoms with van der Waals surface area (Å²) in [6.07, 6.45) is 1.94. The number of hydrogen-bond donors (Lipinski definition) is 2. The number of aryl methyl sites for hydroxylation is 1. The Morgan fingerprint density at radius 2 is 1.81 bits per heavy atom. The summed E-state index contributed by atoms with van der Waals surface area (Å²) in [7, 11) is 0. The molecule has 0 fully saturated rings. The van der Waals surface area contributed by atoms with Gasteiger partial charge >= 0.3 is 11.9 Å². The lowest BCUT2D eigenvalue weighted by Gasteiger charge is -2.41. The van der Waals surface area contributed by atoms with E-state index in [2.05, 4.69) is 0 Å². The van der Waals surface area contributed by atoms with Gasteiger partial charge in [-0.05, 0) is 42.9 Å². The molecule has 0 saturated carbocycles. The van der Waals surface area contributed by atoms with E-state index in [1.807, 2.05) is 54.6 Å².